The van der Waals surface area contributed by atoms with Gasteiger partial charge in [0, 0.05) is 37.4 Å². The Morgan fingerprint density at radius 2 is 1.74 bits per heavy atom. The molecule has 0 unspecified atom stereocenters. The van der Waals surface area contributed by atoms with E-state index in [-0.39, 0.29) is 18.5 Å². The van der Waals surface area contributed by atoms with Crippen LogP contribution in [0.3, 0.4) is 0 Å². The minimum absolute atomic E-state index is 0.136. The highest BCUT2D eigenvalue weighted by atomic mass is 16.5. The molecular formula is C24H29N7O3. The number of nitrogens with zero attached hydrogens (tertiary/aromatic N) is 4. The Bertz CT molecular complexity index is 1060. The number of morpholine rings is 1. The first kappa shape index (κ1) is 23.4. The number of nitrogens with one attached hydrogen (secondary N) is 3. The quantitative estimate of drug-likeness (QED) is 0.445. The lowest BCUT2D eigenvalue weighted by molar-refractivity contribution is 0.0383. The number of urea groups is 1. The molecule has 3 aromatic rings. The molecular weight excluding hydrogens is 434 g/mol. The van der Waals surface area contributed by atoms with Crippen molar-refractivity contribution in [1.29, 1.82) is 0 Å². The molecule has 178 valence electrons. The molecule has 1 aliphatic heterocycles. The monoisotopic (exact) mass is 463 g/mol. The summed E-state index contributed by atoms with van der Waals surface area (Å²) in [6.07, 6.45) is 1.81. The lowest BCUT2D eigenvalue weighted by atomic mass is 10.2. The van der Waals surface area contributed by atoms with Gasteiger partial charge in [-0.2, -0.15) is 0 Å². The van der Waals surface area contributed by atoms with Gasteiger partial charge in [0.2, 0.25) is 0 Å². The van der Waals surface area contributed by atoms with Gasteiger partial charge in [-0.05, 0) is 29.8 Å². The summed E-state index contributed by atoms with van der Waals surface area (Å²) in [5.74, 6) is -0.136. The fraction of sp³-hybridized carbons (Fsp3) is 0.333. The van der Waals surface area contributed by atoms with E-state index in [1.165, 1.54) is 0 Å². The van der Waals surface area contributed by atoms with E-state index in [1.54, 1.807) is 35.1 Å². The average molecular weight is 464 g/mol. The fourth-order valence-corrected chi connectivity index (χ4v) is 3.57. The van der Waals surface area contributed by atoms with Crippen LogP contribution in [-0.4, -0.2) is 71.2 Å². The zero-order chi connectivity index (χ0) is 23.6. The van der Waals surface area contributed by atoms with Crippen molar-refractivity contribution in [2.75, 3.05) is 44.7 Å². The Balaban J connectivity index is 1.17. The molecule has 3 N–H and O–H groups in total. The van der Waals surface area contributed by atoms with Crippen LogP contribution >= 0.6 is 0 Å². The molecule has 1 fully saturated rings. The number of benzene rings is 2. The van der Waals surface area contributed by atoms with Gasteiger partial charge in [-0.15, -0.1) is 5.10 Å². The molecule has 4 rings (SSSR count). The summed E-state index contributed by atoms with van der Waals surface area (Å²) in [4.78, 5) is 26.8. The van der Waals surface area contributed by atoms with Gasteiger partial charge in [0.15, 0.2) is 0 Å². The summed E-state index contributed by atoms with van der Waals surface area (Å²) in [7, 11) is 0. The topological polar surface area (TPSA) is 113 Å². The predicted molar refractivity (Wildman–Crippen MR) is 127 cm³/mol. The van der Waals surface area contributed by atoms with E-state index in [4.69, 9.17) is 4.74 Å². The molecule has 0 spiro atoms. The molecule has 0 bridgehead atoms. The number of hydrogen-bond donors (Lipinski definition) is 3. The van der Waals surface area contributed by atoms with Crippen molar-refractivity contribution in [2.24, 2.45) is 0 Å². The molecule has 0 saturated carbocycles. The van der Waals surface area contributed by atoms with Crippen LogP contribution in [0.2, 0.25) is 0 Å². The van der Waals surface area contributed by atoms with E-state index in [0.717, 1.165) is 38.4 Å². The Kier molecular flexibility index (Phi) is 8.20. The van der Waals surface area contributed by atoms with Gasteiger partial charge < -0.3 is 20.7 Å². The minimum atomic E-state index is -0.361. The molecule has 2 heterocycles. The Morgan fingerprint density at radius 1 is 0.971 bits per heavy atom. The lowest BCUT2D eigenvalue weighted by Gasteiger charge is -2.26. The second kappa shape index (κ2) is 11.9. The van der Waals surface area contributed by atoms with Crippen LogP contribution in [0.25, 0.3) is 0 Å². The normalized spacial score (nSPS) is 13.9. The smallest absolute Gasteiger partial charge is 0.319 e. The van der Waals surface area contributed by atoms with Crippen molar-refractivity contribution in [1.82, 2.24) is 30.5 Å². The molecule has 2 aromatic carbocycles. The van der Waals surface area contributed by atoms with Crippen molar-refractivity contribution in [3.05, 3.63) is 77.6 Å². The second-order valence-electron chi connectivity index (χ2n) is 7.99. The van der Waals surface area contributed by atoms with Crippen LogP contribution < -0.4 is 16.0 Å². The zero-order valence-corrected chi connectivity index (χ0v) is 18.9. The van der Waals surface area contributed by atoms with Crippen LogP contribution in [0.4, 0.5) is 10.5 Å². The Labute approximate surface area is 198 Å². The van der Waals surface area contributed by atoms with Crippen LogP contribution in [0, 0.1) is 0 Å². The molecule has 34 heavy (non-hydrogen) atoms. The number of amides is 3. The van der Waals surface area contributed by atoms with Gasteiger partial charge in [0.05, 0.1) is 32.5 Å². The highest BCUT2D eigenvalue weighted by Gasteiger charge is 2.11. The molecule has 1 aliphatic rings. The van der Waals surface area contributed by atoms with Gasteiger partial charge in [0.1, 0.15) is 5.69 Å². The highest BCUT2D eigenvalue weighted by Crippen LogP contribution is 2.10. The Morgan fingerprint density at radius 3 is 2.50 bits per heavy atom. The maximum absolute atomic E-state index is 12.3. The standard InChI is InChI=1S/C24H29N7O3/c32-23(25-10-11-30-12-14-34-15-13-30)20-6-8-21(9-7-20)27-24(33)26-16-22-18-31(29-28-22)17-19-4-2-1-3-5-19/h1-9,18H,10-17H2,(H,25,32)(H2,26,27,33). The number of aromatic nitrogens is 3. The molecule has 10 nitrogen and oxygen atoms in total. The van der Waals surface area contributed by atoms with Crippen LogP contribution in [0.15, 0.2) is 60.8 Å². The molecule has 0 aliphatic carbocycles. The first-order valence-electron chi connectivity index (χ1n) is 11.3. The van der Waals surface area contributed by atoms with E-state index in [9.17, 15) is 9.59 Å². The molecule has 0 atom stereocenters. The molecule has 0 radical (unpaired) electrons. The van der Waals surface area contributed by atoms with E-state index < -0.39 is 0 Å². The minimum Gasteiger partial charge on any atom is -0.379 e. The summed E-state index contributed by atoms with van der Waals surface area (Å²) >= 11 is 0. The summed E-state index contributed by atoms with van der Waals surface area (Å²) in [5, 5.41) is 16.6. The first-order valence-corrected chi connectivity index (χ1v) is 11.3. The lowest BCUT2D eigenvalue weighted by Crippen LogP contribution is -2.41. The van der Waals surface area contributed by atoms with E-state index >= 15 is 0 Å². The molecule has 1 saturated heterocycles. The molecule has 10 heteroatoms. The average Bonchev–Trinajstić information content (AvgIpc) is 3.31. The number of carbonyl (C=O) groups excluding carboxylic acids is 2. The fourth-order valence-electron chi connectivity index (χ4n) is 3.57. The van der Waals surface area contributed by atoms with Gasteiger partial charge >= 0.3 is 6.03 Å². The van der Waals surface area contributed by atoms with E-state index in [1.807, 2.05) is 30.3 Å². The van der Waals surface area contributed by atoms with Crippen molar-refractivity contribution >= 4 is 17.6 Å². The van der Waals surface area contributed by atoms with E-state index in [0.29, 0.717) is 30.0 Å². The maximum Gasteiger partial charge on any atom is 0.319 e. The number of carbonyl (C=O) groups is 2. The van der Waals surface area contributed by atoms with Crippen molar-refractivity contribution in [3.63, 3.8) is 0 Å². The third-order valence-corrected chi connectivity index (χ3v) is 5.43. The number of rotatable bonds is 9. The zero-order valence-electron chi connectivity index (χ0n) is 18.9. The van der Waals surface area contributed by atoms with Crippen molar-refractivity contribution in [3.8, 4) is 0 Å². The van der Waals surface area contributed by atoms with Crippen LogP contribution in [0.1, 0.15) is 21.6 Å². The summed E-state index contributed by atoms with van der Waals surface area (Å²) in [5.41, 5.74) is 2.92. The molecule has 3 amide bonds. The highest BCUT2D eigenvalue weighted by molar-refractivity contribution is 5.95. The van der Waals surface area contributed by atoms with Gasteiger partial charge in [0.25, 0.3) is 5.91 Å². The van der Waals surface area contributed by atoms with Gasteiger partial charge in [-0.25, -0.2) is 9.48 Å². The summed E-state index contributed by atoms with van der Waals surface area (Å²) in [6, 6.07) is 16.4. The largest absolute Gasteiger partial charge is 0.379 e. The van der Waals surface area contributed by atoms with Crippen LogP contribution in [0.5, 0.6) is 0 Å². The SMILES string of the molecule is O=C(NCc1cn(Cc2ccccc2)nn1)Nc1ccc(C(=O)NCCN2CCOCC2)cc1. The number of anilines is 1. The number of ether oxygens (including phenoxy) is 1. The van der Waals surface area contributed by atoms with Crippen molar-refractivity contribution < 1.29 is 14.3 Å². The summed E-state index contributed by atoms with van der Waals surface area (Å²) in [6.45, 7) is 5.52. The predicted octanol–water partition coefficient (Wildman–Crippen LogP) is 1.71. The third-order valence-electron chi connectivity index (χ3n) is 5.43. The summed E-state index contributed by atoms with van der Waals surface area (Å²) < 4.78 is 7.05. The molecule has 1 aromatic heterocycles. The van der Waals surface area contributed by atoms with Gasteiger partial charge in [-0.1, -0.05) is 35.5 Å². The van der Waals surface area contributed by atoms with Crippen LogP contribution in [-0.2, 0) is 17.8 Å². The van der Waals surface area contributed by atoms with E-state index in [2.05, 4.69) is 31.2 Å². The third kappa shape index (κ3) is 7.12. The maximum atomic E-state index is 12.3. The van der Waals surface area contributed by atoms with Gasteiger partial charge in [-0.3, -0.25) is 9.69 Å². The first-order chi connectivity index (χ1) is 16.7. The Hall–Kier alpha value is -3.76. The van der Waals surface area contributed by atoms with Crippen molar-refractivity contribution in [2.45, 2.75) is 13.1 Å². The second-order valence-corrected chi connectivity index (χ2v) is 7.99. The number of hydrogen-bond acceptors (Lipinski definition) is 6.